The van der Waals surface area contributed by atoms with Crippen molar-refractivity contribution < 1.29 is 0 Å². The molecule has 2 nitrogen and oxygen atoms in total. The third-order valence-corrected chi connectivity index (χ3v) is 3.72. The van der Waals surface area contributed by atoms with Crippen molar-refractivity contribution in [3.05, 3.63) is 60.9 Å². The summed E-state index contributed by atoms with van der Waals surface area (Å²) < 4.78 is 1.81. The van der Waals surface area contributed by atoms with E-state index < -0.39 is 0 Å². The number of fused-ring (bicyclic) bond motifs is 6. The topological polar surface area (TPSA) is 28.8 Å². The summed E-state index contributed by atoms with van der Waals surface area (Å²) in [5.74, 6) is 0. The summed E-state index contributed by atoms with van der Waals surface area (Å²) in [4.78, 5) is 0. The molecule has 0 fully saturated rings. The Hall–Kier alpha value is -2.61. The highest BCUT2D eigenvalue weighted by Crippen LogP contribution is 2.34. The molecule has 1 heterocycles. The monoisotopic (exact) mass is 244 g/mol. The van der Waals surface area contributed by atoms with Crippen molar-refractivity contribution in [2.75, 3.05) is 0 Å². The Morgan fingerprint density at radius 2 is 1.00 bits per heavy atom. The summed E-state index contributed by atoms with van der Waals surface area (Å²) in [6.07, 6.45) is 5.39. The molecule has 0 saturated heterocycles. The Morgan fingerprint density at radius 1 is 0.632 bits per heavy atom. The normalized spacial score (nSPS) is 11.4. The Morgan fingerprint density at radius 3 is 1.37 bits per heavy atom. The van der Waals surface area contributed by atoms with E-state index in [1.165, 1.54) is 38.7 Å². The van der Waals surface area contributed by atoms with Gasteiger partial charge >= 0.3 is 0 Å². The standard InChI is InChI=1S/C17H12N2/c18-11-19-9-16-14-7-3-1-5-12(14)13-6-2-4-8-15(13)17(16)10-19/h1-11,18H. The second kappa shape index (κ2) is 3.69. The first-order valence-electron chi connectivity index (χ1n) is 6.30. The minimum absolute atomic E-state index is 1.21. The van der Waals surface area contributed by atoms with Crippen LogP contribution >= 0.6 is 0 Å². The number of hydrogen-bond donors (Lipinski definition) is 1. The number of nitrogens with zero attached hydrogens (tertiary/aromatic N) is 1. The van der Waals surface area contributed by atoms with Gasteiger partial charge in [-0.3, -0.25) is 5.41 Å². The minimum atomic E-state index is 1.21. The first-order valence-corrected chi connectivity index (χ1v) is 6.30. The zero-order chi connectivity index (χ0) is 12.8. The van der Waals surface area contributed by atoms with Crippen LogP contribution in [0.5, 0.6) is 0 Å². The van der Waals surface area contributed by atoms with E-state index in [-0.39, 0.29) is 0 Å². The number of hydrogen-bond acceptors (Lipinski definition) is 1. The van der Waals surface area contributed by atoms with Crippen molar-refractivity contribution in [1.29, 1.82) is 5.41 Å². The second-order valence-electron chi connectivity index (χ2n) is 4.75. The molecule has 0 aliphatic rings. The molecule has 0 radical (unpaired) electrons. The molecule has 0 amide bonds. The summed E-state index contributed by atoms with van der Waals surface area (Å²) in [6.45, 7) is 0. The molecule has 4 rings (SSSR count). The van der Waals surface area contributed by atoms with Crippen LogP contribution in [0.25, 0.3) is 32.3 Å². The Bertz CT molecular complexity index is 859. The molecule has 0 spiro atoms. The molecule has 1 N–H and O–H groups in total. The van der Waals surface area contributed by atoms with Crippen molar-refractivity contribution in [1.82, 2.24) is 4.57 Å². The second-order valence-corrected chi connectivity index (χ2v) is 4.75. The summed E-state index contributed by atoms with van der Waals surface area (Å²) in [5, 5.41) is 14.9. The van der Waals surface area contributed by atoms with Gasteiger partial charge in [-0.1, -0.05) is 48.5 Å². The van der Waals surface area contributed by atoms with Gasteiger partial charge in [0, 0.05) is 23.2 Å². The number of aromatic nitrogens is 1. The maximum Gasteiger partial charge on any atom is 0.0898 e. The fraction of sp³-hybridized carbons (Fsp3) is 0. The van der Waals surface area contributed by atoms with Crippen molar-refractivity contribution >= 4 is 38.7 Å². The summed E-state index contributed by atoms with van der Waals surface area (Å²) in [6, 6.07) is 16.9. The highest BCUT2D eigenvalue weighted by molar-refractivity contribution is 6.25. The summed E-state index contributed by atoms with van der Waals surface area (Å²) >= 11 is 0. The molecule has 0 aliphatic heterocycles. The molecular formula is C17H12N2. The lowest BCUT2D eigenvalue weighted by Crippen LogP contribution is -1.85. The summed E-state index contributed by atoms with van der Waals surface area (Å²) in [5.41, 5.74) is 0. The number of nitrogens with one attached hydrogen (secondary N) is 1. The highest BCUT2D eigenvalue weighted by atomic mass is 14.9. The molecule has 4 aromatic rings. The zero-order valence-electron chi connectivity index (χ0n) is 10.3. The van der Waals surface area contributed by atoms with Gasteiger partial charge in [0.25, 0.3) is 0 Å². The van der Waals surface area contributed by atoms with Crippen molar-refractivity contribution in [2.24, 2.45) is 0 Å². The van der Waals surface area contributed by atoms with Crippen LogP contribution in [-0.2, 0) is 0 Å². The van der Waals surface area contributed by atoms with Crippen molar-refractivity contribution in [2.45, 2.75) is 0 Å². The van der Waals surface area contributed by atoms with E-state index in [1.807, 2.05) is 17.0 Å². The first-order chi connectivity index (χ1) is 9.38. The molecule has 0 saturated carbocycles. The fourth-order valence-corrected chi connectivity index (χ4v) is 2.88. The van der Waals surface area contributed by atoms with Crippen LogP contribution in [0.1, 0.15) is 0 Å². The average molecular weight is 244 g/mol. The smallest absolute Gasteiger partial charge is 0.0898 e. The maximum atomic E-state index is 7.43. The van der Waals surface area contributed by atoms with E-state index >= 15 is 0 Å². The van der Waals surface area contributed by atoms with Crippen LogP contribution in [0, 0.1) is 5.41 Å². The Balaban J connectivity index is 2.40. The van der Waals surface area contributed by atoms with Crippen molar-refractivity contribution in [3.63, 3.8) is 0 Å². The van der Waals surface area contributed by atoms with Gasteiger partial charge in [0.1, 0.15) is 0 Å². The third kappa shape index (κ3) is 1.34. The fourth-order valence-electron chi connectivity index (χ4n) is 2.88. The van der Waals surface area contributed by atoms with Gasteiger partial charge in [-0.15, -0.1) is 0 Å². The molecule has 0 atom stereocenters. The van der Waals surface area contributed by atoms with Crippen molar-refractivity contribution in [3.8, 4) is 0 Å². The Labute approximate surface area is 110 Å². The molecule has 19 heavy (non-hydrogen) atoms. The van der Waals surface area contributed by atoms with Gasteiger partial charge in [0.2, 0.25) is 0 Å². The molecule has 0 aliphatic carbocycles. The van der Waals surface area contributed by atoms with Gasteiger partial charge in [-0.25, -0.2) is 0 Å². The van der Waals surface area contributed by atoms with E-state index in [1.54, 1.807) is 0 Å². The van der Waals surface area contributed by atoms with E-state index in [9.17, 15) is 0 Å². The van der Waals surface area contributed by atoms with Gasteiger partial charge in [0.05, 0.1) is 6.34 Å². The van der Waals surface area contributed by atoms with Crippen LogP contribution < -0.4 is 0 Å². The third-order valence-electron chi connectivity index (χ3n) is 3.72. The van der Waals surface area contributed by atoms with Crippen LogP contribution in [0.4, 0.5) is 0 Å². The van der Waals surface area contributed by atoms with Crippen LogP contribution in [0.2, 0.25) is 0 Å². The van der Waals surface area contributed by atoms with Crippen LogP contribution in [-0.4, -0.2) is 10.9 Å². The molecule has 1 aromatic heterocycles. The van der Waals surface area contributed by atoms with Gasteiger partial charge in [0.15, 0.2) is 0 Å². The first kappa shape index (κ1) is 10.3. The quantitative estimate of drug-likeness (QED) is 0.292. The largest absolute Gasteiger partial charge is 0.314 e. The van der Waals surface area contributed by atoms with E-state index in [4.69, 9.17) is 5.41 Å². The number of rotatable bonds is 1. The van der Waals surface area contributed by atoms with Crippen LogP contribution in [0.15, 0.2) is 60.9 Å². The van der Waals surface area contributed by atoms with E-state index in [0.717, 1.165) is 0 Å². The maximum absolute atomic E-state index is 7.43. The molecule has 0 bridgehead atoms. The minimum Gasteiger partial charge on any atom is -0.314 e. The van der Waals surface area contributed by atoms with Gasteiger partial charge < -0.3 is 4.57 Å². The molecule has 0 unspecified atom stereocenters. The van der Waals surface area contributed by atoms with Crippen LogP contribution in [0.3, 0.4) is 0 Å². The van der Waals surface area contributed by atoms with Gasteiger partial charge in [-0.2, -0.15) is 0 Å². The van der Waals surface area contributed by atoms with E-state index in [2.05, 4.69) is 48.5 Å². The van der Waals surface area contributed by atoms with Gasteiger partial charge in [-0.05, 0) is 21.5 Å². The predicted octanol–water partition coefficient (Wildman–Crippen LogP) is 4.40. The zero-order valence-corrected chi connectivity index (χ0v) is 10.3. The predicted molar refractivity (Wildman–Crippen MR) is 81.1 cm³/mol. The SMILES string of the molecule is N=Cn1cc2c3ccccc3c3ccccc3c2c1. The lowest BCUT2D eigenvalue weighted by Gasteiger charge is -2.06. The lowest BCUT2D eigenvalue weighted by molar-refractivity contribution is 1.19. The molecule has 2 heteroatoms. The lowest BCUT2D eigenvalue weighted by atomic mass is 9.97. The highest BCUT2D eigenvalue weighted by Gasteiger charge is 2.09. The molecule has 90 valence electrons. The molecular weight excluding hydrogens is 232 g/mol. The number of benzene rings is 3. The summed E-state index contributed by atoms with van der Waals surface area (Å²) in [7, 11) is 0. The molecule has 3 aromatic carbocycles. The van der Waals surface area contributed by atoms with E-state index in [0.29, 0.717) is 0 Å². The Kier molecular flexibility index (Phi) is 2.00. The average Bonchev–Trinajstić information content (AvgIpc) is 2.92.